The summed E-state index contributed by atoms with van der Waals surface area (Å²) in [5.74, 6) is 0.638. The van der Waals surface area contributed by atoms with Crippen LogP contribution in [0.3, 0.4) is 0 Å². The molecule has 1 N–H and O–H groups in total. The Morgan fingerprint density at radius 3 is 2.79 bits per heavy atom. The third kappa shape index (κ3) is 1.17. The smallest absolute Gasteiger partial charge is 0.124 e. The van der Waals surface area contributed by atoms with E-state index in [-0.39, 0.29) is 35.2 Å². The molecule has 6 atom stereocenters. The maximum Gasteiger partial charge on any atom is 0.124 e. The lowest BCUT2D eigenvalue weighted by molar-refractivity contribution is -0.197. The molecular weight excluding hydrogens is 240 g/mol. The molecule has 0 amide bonds. The van der Waals surface area contributed by atoms with Crippen LogP contribution in [0.2, 0.25) is 0 Å². The predicted molar refractivity (Wildman–Crippen MR) is 71.7 cm³/mol. The molecule has 2 aliphatic heterocycles. The van der Waals surface area contributed by atoms with Gasteiger partial charge in [-0.2, -0.15) is 0 Å². The molecule has 4 rings (SSSR count). The number of rotatable bonds is 1. The van der Waals surface area contributed by atoms with E-state index in [9.17, 15) is 5.11 Å². The molecule has 3 nitrogen and oxygen atoms in total. The van der Waals surface area contributed by atoms with Gasteiger partial charge >= 0.3 is 0 Å². The third-order valence-electron chi connectivity index (χ3n) is 7.09. The highest BCUT2D eigenvalue weighted by atomic mass is 16.6. The van der Waals surface area contributed by atoms with E-state index in [1.165, 1.54) is 0 Å². The normalized spacial score (nSPS) is 58.9. The molecule has 2 bridgehead atoms. The minimum atomic E-state index is -0.0117. The third-order valence-corrected chi connectivity index (χ3v) is 7.09. The summed E-state index contributed by atoms with van der Waals surface area (Å²) in [4.78, 5) is 0. The Morgan fingerprint density at radius 1 is 1.42 bits per heavy atom. The second-order valence-corrected chi connectivity index (χ2v) is 7.46. The maximum absolute atomic E-state index is 9.40. The van der Waals surface area contributed by atoms with Crippen molar-refractivity contribution in [3.05, 3.63) is 11.6 Å². The molecule has 4 aliphatic rings. The first-order chi connectivity index (χ1) is 8.98. The zero-order valence-corrected chi connectivity index (χ0v) is 12.1. The fourth-order valence-electron chi connectivity index (χ4n) is 5.37. The van der Waals surface area contributed by atoms with Crippen molar-refractivity contribution in [1.29, 1.82) is 0 Å². The summed E-state index contributed by atoms with van der Waals surface area (Å²) in [6, 6.07) is 0. The van der Waals surface area contributed by atoms with E-state index in [0.29, 0.717) is 5.92 Å². The van der Waals surface area contributed by atoms with E-state index in [1.54, 1.807) is 0 Å². The van der Waals surface area contributed by atoms with Crippen LogP contribution in [0.5, 0.6) is 0 Å². The molecule has 0 aromatic heterocycles. The summed E-state index contributed by atoms with van der Waals surface area (Å²) in [5, 5.41) is 9.40. The van der Waals surface area contributed by atoms with Crippen LogP contribution < -0.4 is 0 Å². The minimum absolute atomic E-state index is 0.0117. The lowest BCUT2D eigenvalue weighted by atomic mass is 9.50. The van der Waals surface area contributed by atoms with E-state index in [2.05, 4.69) is 26.8 Å². The monoisotopic (exact) mass is 264 g/mol. The number of epoxide rings is 1. The number of fused-ring (bicyclic) bond motifs is 2. The molecule has 2 aliphatic carbocycles. The van der Waals surface area contributed by atoms with E-state index >= 15 is 0 Å². The predicted octanol–water partition coefficient (Wildman–Crippen LogP) is 2.29. The van der Waals surface area contributed by atoms with Crippen molar-refractivity contribution in [3.63, 3.8) is 0 Å². The Bertz CT molecular complexity index is 453. The van der Waals surface area contributed by atoms with Crippen molar-refractivity contribution in [1.82, 2.24) is 0 Å². The SMILES string of the molecule is C[C@@H]1C[C@H]2O[C@@H]3C=C(CO)CC[C@]3(C)[C@]1(C)[C@]21CO1. The average Bonchev–Trinajstić information content (AvgIpc) is 3.16. The molecule has 2 heterocycles. The van der Waals surface area contributed by atoms with Crippen LogP contribution in [0.1, 0.15) is 40.0 Å². The number of aliphatic hydroxyl groups excluding tert-OH is 1. The van der Waals surface area contributed by atoms with Gasteiger partial charge in [0, 0.05) is 10.8 Å². The van der Waals surface area contributed by atoms with Gasteiger partial charge < -0.3 is 14.6 Å². The van der Waals surface area contributed by atoms with E-state index in [0.717, 1.165) is 31.4 Å². The summed E-state index contributed by atoms with van der Waals surface area (Å²) < 4.78 is 12.4. The van der Waals surface area contributed by atoms with Gasteiger partial charge in [-0.3, -0.25) is 0 Å². The van der Waals surface area contributed by atoms with Crippen molar-refractivity contribution in [2.45, 2.75) is 57.8 Å². The fraction of sp³-hybridized carbons (Fsp3) is 0.875. The van der Waals surface area contributed by atoms with Crippen molar-refractivity contribution in [3.8, 4) is 0 Å². The van der Waals surface area contributed by atoms with Gasteiger partial charge in [0.15, 0.2) is 0 Å². The van der Waals surface area contributed by atoms with Crippen LogP contribution in [0.25, 0.3) is 0 Å². The molecule has 0 radical (unpaired) electrons. The van der Waals surface area contributed by atoms with Gasteiger partial charge in [-0.05, 0) is 30.8 Å². The van der Waals surface area contributed by atoms with Gasteiger partial charge in [0.05, 0.1) is 25.4 Å². The van der Waals surface area contributed by atoms with Crippen molar-refractivity contribution >= 4 is 0 Å². The van der Waals surface area contributed by atoms with Gasteiger partial charge in [-0.15, -0.1) is 0 Å². The zero-order chi connectivity index (χ0) is 13.5. The highest BCUT2D eigenvalue weighted by molar-refractivity contribution is 5.31. The highest BCUT2D eigenvalue weighted by Crippen LogP contribution is 2.73. The Morgan fingerprint density at radius 2 is 2.16 bits per heavy atom. The van der Waals surface area contributed by atoms with Gasteiger partial charge in [0.25, 0.3) is 0 Å². The van der Waals surface area contributed by atoms with Crippen LogP contribution in [0.15, 0.2) is 11.6 Å². The molecule has 2 saturated heterocycles. The van der Waals surface area contributed by atoms with Gasteiger partial charge in [0.2, 0.25) is 0 Å². The van der Waals surface area contributed by atoms with Crippen LogP contribution in [0.4, 0.5) is 0 Å². The Hall–Kier alpha value is -0.380. The Kier molecular flexibility index (Phi) is 2.24. The first-order valence-electron chi connectivity index (χ1n) is 7.58. The standard InChI is InChI=1S/C16H24O3/c1-10-6-13-16(9-18-16)15(10,3)14(2)5-4-11(8-17)7-12(14)19-13/h7,10,12-13,17H,4-6,8-9H2,1-3H3/t10-,12-,13-,14+,15-,16+/m1/s1. The zero-order valence-electron chi connectivity index (χ0n) is 12.1. The minimum Gasteiger partial charge on any atom is -0.392 e. The Balaban J connectivity index is 1.83. The first kappa shape index (κ1) is 12.4. The fourth-order valence-corrected chi connectivity index (χ4v) is 5.37. The summed E-state index contributed by atoms with van der Waals surface area (Å²) >= 11 is 0. The topological polar surface area (TPSA) is 42.0 Å². The molecule has 0 unspecified atom stereocenters. The lowest BCUT2D eigenvalue weighted by Crippen LogP contribution is -2.62. The van der Waals surface area contributed by atoms with E-state index in [4.69, 9.17) is 9.47 Å². The molecule has 19 heavy (non-hydrogen) atoms. The molecule has 0 aromatic rings. The van der Waals surface area contributed by atoms with Crippen LogP contribution in [-0.4, -0.2) is 36.1 Å². The first-order valence-corrected chi connectivity index (χ1v) is 7.58. The summed E-state index contributed by atoms with van der Waals surface area (Å²) in [5.41, 5.74) is 1.47. The highest BCUT2D eigenvalue weighted by Gasteiger charge is 2.79. The second kappa shape index (κ2) is 3.44. The number of ether oxygens (including phenoxy) is 2. The largest absolute Gasteiger partial charge is 0.392 e. The molecule has 1 spiro atoms. The van der Waals surface area contributed by atoms with Crippen molar-refractivity contribution in [2.24, 2.45) is 16.7 Å². The van der Waals surface area contributed by atoms with Crippen LogP contribution in [0, 0.1) is 16.7 Å². The van der Waals surface area contributed by atoms with Crippen molar-refractivity contribution < 1.29 is 14.6 Å². The lowest BCUT2D eigenvalue weighted by Gasteiger charge is -2.58. The van der Waals surface area contributed by atoms with Crippen LogP contribution >= 0.6 is 0 Å². The van der Waals surface area contributed by atoms with Gasteiger partial charge in [-0.1, -0.05) is 26.8 Å². The quantitative estimate of drug-likeness (QED) is 0.583. The molecule has 3 fully saturated rings. The summed E-state index contributed by atoms with van der Waals surface area (Å²) in [7, 11) is 0. The molecule has 106 valence electrons. The molecule has 1 saturated carbocycles. The summed E-state index contributed by atoms with van der Waals surface area (Å²) in [6.45, 7) is 8.22. The molecule has 3 heteroatoms. The van der Waals surface area contributed by atoms with Crippen LogP contribution in [-0.2, 0) is 9.47 Å². The van der Waals surface area contributed by atoms with Crippen molar-refractivity contribution in [2.75, 3.05) is 13.2 Å². The van der Waals surface area contributed by atoms with E-state index in [1.807, 2.05) is 0 Å². The maximum atomic E-state index is 9.40. The summed E-state index contributed by atoms with van der Waals surface area (Å²) in [6.07, 6.45) is 5.81. The average molecular weight is 264 g/mol. The molecular formula is C16H24O3. The number of aliphatic hydroxyl groups is 1. The number of hydrogen-bond donors (Lipinski definition) is 1. The van der Waals surface area contributed by atoms with E-state index < -0.39 is 0 Å². The second-order valence-electron chi connectivity index (χ2n) is 7.46. The molecule has 0 aromatic carbocycles. The Labute approximate surface area is 115 Å². The number of hydrogen-bond acceptors (Lipinski definition) is 3. The van der Waals surface area contributed by atoms with Gasteiger partial charge in [-0.25, -0.2) is 0 Å². The van der Waals surface area contributed by atoms with Gasteiger partial charge in [0.1, 0.15) is 5.60 Å².